The lowest BCUT2D eigenvalue weighted by molar-refractivity contribution is 0.262. The number of hydrogen-bond donors (Lipinski definition) is 2. The molecule has 0 unspecified atom stereocenters. The average Bonchev–Trinajstić information content (AvgIpc) is 3.00. The van der Waals surface area contributed by atoms with Gasteiger partial charge in [0.2, 0.25) is 5.13 Å². The second-order valence-corrected chi connectivity index (χ2v) is 7.58. The van der Waals surface area contributed by atoms with Crippen molar-refractivity contribution >= 4 is 44.1 Å². The van der Waals surface area contributed by atoms with Crippen LogP contribution in [0.2, 0.25) is 0 Å². The number of carbonyl (C=O) groups excluding carboxylic acids is 1. The second-order valence-electron chi connectivity index (χ2n) is 5.60. The van der Waals surface area contributed by atoms with Gasteiger partial charge in [-0.3, -0.25) is 5.32 Å². The van der Waals surface area contributed by atoms with Crippen LogP contribution in [0.4, 0.5) is 15.6 Å². The molecule has 24 heavy (non-hydrogen) atoms. The van der Waals surface area contributed by atoms with Crippen molar-refractivity contribution in [1.29, 1.82) is 0 Å². The van der Waals surface area contributed by atoms with E-state index >= 15 is 0 Å². The molecule has 0 saturated carbocycles. The molecule has 0 aliphatic rings. The highest BCUT2D eigenvalue weighted by Crippen LogP contribution is 2.19. The van der Waals surface area contributed by atoms with Crippen LogP contribution >= 0.6 is 27.3 Å². The van der Waals surface area contributed by atoms with Crippen molar-refractivity contribution in [3.63, 3.8) is 0 Å². The Morgan fingerprint density at radius 1 is 1.04 bits per heavy atom. The number of hydrogen-bond acceptors (Lipinski definition) is 4. The lowest BCUT2D eigenvalue weighted by atomic mass is 10.1. The van der Waals surface area contributed by atoms with E-state index in [-0.39, 0.29) is 6.03 Å². The van der Waals surface area contributed by atoms with E-state index in [0.717, 1.165) is 28.0 Å². The molecule has 1 aromatic heterocycles. The van der Waals surface area contributed by atoms with E-state index in [9.17, 15) is 4.79 Å². The predicted octanol–water partition coefficient (Wildman–Crippen LogP) is 5.85. The maximum atomic E-state index is 11.9. The molecule has 2 N–H and O–H groups in total. The number of amides is 2. The van der Waals surface area contributed by atoms with Gasteiger partial charge >= 0.3 is 6.03 Å². The number of carbonyl (C=O) groups is 1. The molecule has 0 spiro atoms. The van der Waals surface area contributed by atoms with Gasteiger partial charge in [-0.1, -0.05) is 66.3 Å². The SMILES string of the molecule is CCCCCCCCc1nnc(NC(=O)Nc2ccc(Br)cc2)s1. The molecule has 1 aromatic carbocycles. The number of nitrogens with one attached hydrogen (secondary N) is 2. The summed E-state index contributed by atoms with van der Waals surface area (Å²) >= 11 is 4.80. The molecule has 0 radical (unpaired) electrons. The number of benzene rings is 1. The molecule has 0 aliphatic heterocycles. The number of nitrogens with zero attached hydrogens (tertiary/aromatic N) is 2. The topological polar surface area (TPSA) is 66.9 Å². The third kappa shape index (κ3) is 6.97. The summed E-state index contributed by atoms with van der Waals surface area (Å²) in [6.07, 6.45) is 8.48. The summed E-state index contributed by atoms with van der Waals surface area (Å²) < 4.78 is 0.969. The summed E-state index contributed by atoms with van der Waals surface area (Å²) in [5, 5.41) is 15.2. The van der Waals surface area contributed by atoms with Gasteiger partial charge in [-0.05, 0) is 30.7 Å². The summed E-state index contributed by atoms with van der Waals surface area (Å²) in [5.74, 6) is 0. The maximum Gasteiger partial charge on any atom is 0.325 e. The fourth-order valence-corrected chi connectivity index (χ4v) is 3.30. The molecular weight excluding hydrogens is 388 g/mol. The number of aryl methyl sites for hydroxylation is 1. The molecule has 1 heterocycles. The molecule has 0 bridgehead atoms. The Morgan fingerprint density at radius 3 is 2.50 bits per heavy atom. The molecular formula is C17H23BrN4OS. The Kier molecular flexibility index (Phi) is 8.18. The van der Waals surface area contributed by atoms with Gasteiger partial charge in [-0.25, -0.2) is 4.79 Å². The van der Waals surface area contributed by atoms with Crippen LogP contribution in [-0.2, 0) is 6.42 Å². The minimum Gasteiger partial charge on any atom is -0.308 e. The number of halogens is 1. The zero-order valence-corrected chi connectivity index (χ0v) is 16.3. The minimum absolute atomic E-state index is 0.306. The van der Waals surface area contributed by atoms with Gasteiger partial charge in [0.1, 0.15) is 5.01 Å². The van der Waals surface area contributed by atoms with Crippen molar-refractivity contribution in [3.05, 3.63) is 33.7 Å². The van der Waals surface area contributed by atoms with E-state index in [1.54, 1.807) is 0 Å². The number of rotatable bonds is 9. The fraction of sp³-hybridized carbons (Fsp3) is 0.471. The quantitative estimate of drug-likeness (QED) is 0.509. The predicted molar refractivity (Wildman–Crippen MR) is 104 cm³/mol. The first-order valence-corrected chi connectivity index (χ1v) is 9.94. The largest absolute Gasteiger partial charge is 0.325 e. The molecule has 130 valence electrons. The van der Waals surface area contributed by atoms with Gasteiger partial charge < -0.3 is 5.32 Å². The molecule has 7 heteroatoms. The van der Waals surface area contributed by atoms with Crippen LogP contribution in [0.5, 0.6) is 0 Å². The number of aromatic nitrogens is 2. The first kappa shape index (κ1) is 18.9. The van der Waals surface area contributed by atoms with Gasteiger partial charge in [-0.15, -0.1) is 10.2 Å². The Balaban J connectivity index is 1.70. The van der Waals surface area contributed by atoms with Gasteiger partial charge in [0, 0.05) is 16.6 Å². The molecule has 2 rings (SSSR count). The van der Waals surface area contributed by atoms with Crippen molar-refractivity contribution in [1.82, 2.24) is 10.2 Å². The van der Waals surface area contributed by atoms with Crippen LogP contribution in [0.1, 0.15) is 50.5 Å². The van der Waals surface area contributed by atoms with Crippen molar-refractivity contribution < 1.29 is 4.79 Å². The highest BCUT2D eigenvalue weighted by Gasteiger charge is 2.08. The van der Waals surface area contributed by atoms with Crippen molar-refractivity contribution in [2.75, 3.05) is 10.6 Å². The Bertz CT molecular complexity index is 630. The molecule has 2 aromatic rings. The van der Waals surface area contributed by atoms with E-state index in [1.807, 2.05) is 24.3 Å². The van der Waals surface area contributed by atoms with Gasteiger partial charge in [0.15, 0.2) is 0 Å². The number of anilines is 2. The van der Waals surface area contributed by atoms with Crippen molar-refractivity contribution in [3.8, 4) is 0 Å². The second kappa shape index (κ2) is 10.4. The first-order valence-electron chi connectivity index (χ1n) is 8.33. The third-order valence-corrected chi connectivity index (χ3v) is 4.96. The van der Waals surface area contributed by atoms with Gasteiger partial charge in [0.25, 0.3) is 0 Å². The smallest absolute Gasteiger partial charge is 0.308 e. The highest BCUT2D eigenvalue weighted by atomic mass is 79.9. The maximum absolute atomic E-state index is 11.9. The Morgan fingerprint density at radius 2 is 1.75 bits per heavy atom. The summed E-state index contributed by atoms with van der Waals surface area (Å²) in [6, 6.07) is 7.10. The summed E-state index contributed by atoms with van der Waals surface area (Å²) in [5.41, 5.74) is 0.729. The zero-order valence-electron chi connectivity index (χ0n) is 13.8. The van der Waals surface area contributed by atoms with E-state index in [2.05, 4.69) is 43.7 Å². The average molecular weight is 411 g/mol. The van der Waals surface area contributed by atoms with E-state index in [0.29, 0.717) is 5.13 Å². The molecule has 0 atom stereocenters. The van der Waals surface area contributed by atoms with Gasteiger partial charge in [-0.2, -0.15) is 0 Å². The molecule has 0 aliphatic carbocycles. The minimum atomic E-state index is -0.306. The van der Waals surface area contributed by atoms with Crippen molar-refractivity contribution in [2.45, 2.75) is 51.9 Å². The van der Waals surface area contributed by atoms with Gasteiger partial charge in [0.05, 0.1) is 0 Å². The van der Waals surface area contributed by atoms with Crippen LogP contribution in [0.15, 0.2) is 28.7 Å². The van der Waals surface area contributed by atoms with Crippen molar-refractivity contribution in [2.24, 2.45) is 0 Å². The lowest BCUT2D eigenvalue weighted by Gasteiger charge is -2.04. The van der Waals surface area contributed by atoms with E-state index in [4.69, 9.17) is 0 Å². The lowest BCUT2D eigenvalue weighted by Crippen LogP contribution is -2.19. The van der Waals surface area contributed by atoms with Crippen LogP contribution in [-0.4, -0.2) is 16.2 Å². The Labute approximate surface area is 155 Å². The van der Waals surface area contributed by atoms with E-state index < -0.39 is 0 Å². The van der Waals surface area contributed by atoms with Crippen LogP contribution in [0.3, 0.4) is 0 Å². The molecule has 5 nitrogen and oxygen atoms in total. The number of unbranched alkanes of at least 4 members (excludes halogenated alkanes) is 5. The third-order valence-electron chi connectivity index (χ3n) is 3.53. The number of urea groups is 1. The summed E-state index contributed by atoms with van der Waals surface area (Å²) in [7, 11) is 0. The van der Waals surface area contributed by atoms with Crippen LogP contribution in [0.25, 0.3) is 0 Å². The zero-order chi connectivity index (χ0) is 17.2. The fourth-order valence-electron chi connectivity index (χ4n) is 2.25. The van der Waals surface area contributed by atoms with E-state index in [1.165, 1.54) is 43.4 Å². The molecule has 2 amide bonds. The molecule has 0 fully saturated rings. The standard InChI is InChI=1S/C17H23BrN4OS/c1-2-3-4-5-6-7-8-15-21-22-17(24-15)20-16(23)19-14-11-9-13(18)10-12-14/h9-12H,2-8H2,1H3,(H2,19,20,22,23). The summed E-state index contributed by atoms with van der Waals surface area (Å²) in [6.45, 7) is 2.22. The summed E-state index contributed by atoms with van der Waals surface area (Å²) in [4.78, 5) is 11.9. The van der Waals surface area contributed by atoms with Crippen LogP contribution < -0.4 is 10.6 Å². The normalized spacial score (nSPS) is 10.6. The monoisotopic (exact) mass is 410 g/mol. The van der Waals surface area contributed by atoms with Crippen LogP contribution in [0, 0.1) is 0 Å². The molecule has 0 saturated heterocycles. The highest BCUT2D eigenvalue weighted by molar-refractivity contribution is 9.10. The first-order chi connectivity index (χ1) is 11.7. The Hall–Kier alpha value is -1.47.